The number of rotatable bonds is 5. The summed E-state index contributed by atoms with van der Waals surface area (Å²) in [6.45, 7) is 2.89. The summed E-state index contributed by atoms with van der Waals surface area (Å²) in [6, 6.07) is 17.9. The Labute approximate surface area is 113 Å². The van der Waals surface area contributed by atoms with Crippen molar-refractivity contribution in [2.75, 3.05) is 0 Å². The zero-order chi connectivity index (χ0) is 13.7. The molecule has 0 saturated heterocycles. The number of carbonyl (C=O) groups excluding carboxylic acids is 1. The number of nitrogens with two attached hydrogens (primary N) is 1. The summed E-state index contributed by atoms with van der Waals surface area (Å²) in [4.78, 5) is 11.0. The van der Waals surface area contributed by atoms with Gasteiger partial charge in [0.2, 0.25) is 5.91 Å². The van der Waals surface area contributed by atoms with E-state index in [1.54, 1.807) is 12.1 Å². The van der Waals surface area contributed by atoms with E-state index < -0.39 is 5.91 Å². The fourth-order valence-electron chi connectivity index (χ4n) is 1.92. The van der Waals surface area contributed by atoms with Crippen LogP contribution >= 0.6 is 0 Å². The van der Waals surface area contributed by atoms with Gasteiger partial charge >= 0.3 is 0 Å². The first kappa shape index (κ1) is 13.3. The molecule has 98 valence electrons. The van der Waals surface area contributed by atoms with Crippen molar-refractivity contribution in [3.05, 3.63) is 71.3 Å². The first-order valence-electron chi connectivity index (χ1n) is 6.34. The topological polar surface area (TPSA) is 55.1 Å². The molecule has 3 N–H and O–H groups in total. The molecule has 0 aliphatic heterocycles. The molecule has 0 saturated carbocycles. The normalized spacial score (nSPS) is 12.1. The Kier molecular flexibility index (Phi) is 4.31. The molecule has 2 aromatic rings. The van der Waals surface area contributed by atoms with Crippen LogP contribution in [0, 0.1) is 0 Å². The number of carbonyl (C=O) groups is 1. The van der Waals surface area contributed by atoms with Crippen molar-refractivity contribution in [2.24, 2.45) is 5.73 Å². The SMILES string of the molecule is C[C@H](NCc1ccc(C(N)=O)cc1)c1ccccc1. The zero-order valence-electron chi connectivity index (χ0n) is 11.0. The monoisotopic (exact) mass is 254 g/mol. The summed E-state index contributed by atoms with van der Waals surface area (Å²) in [6.07, 6.45) is 0. The average molecular weight is 254 g/mol. The van der Waals surface area contributed by atoms with Crippen LogP contribution in [0.15, 0.2) is 54.6 Å². The lowest BCUT2D eigenvalue weighted by Crippen LogP contribution is -2.18. The van der Waals surface area contributed by atoms with E-state index in [0.717, 1.165) is 12.1 Å². The van der Waals surface area contributed by atoms with Crippen molar-refractivity contribution < 1.29 is 4.79 Å². The first-order valence-corrected chi connectivity index (χ1v) is 6.34. The van der Waals surface area contributed by atoms with E-state index in [1.165, 1.54) is 5.56 Å². The zero-order valence-corrected chi connectivity index (χ0v) is 11.0. The van der Waals surface area contributed by atoms with E-state index in [2.05, 4.69) is 24.4 Å². The van der Waals surface area contributed by atoms with Crippen LogP contribution in [0.4, 0.5) is 0 Å². The van der Waals surface area contributed by atoms with Crippen LogP contribution in [0.2, 0.25) is 0 Å². The van der Waals surface area contributed by atoms with Gasteiger partial charge in [-0.05, 0) is 30.2 Å². The molecule has 2 rings (SSSR count). The summed E-state index contributed by atoms with van der Waals surface area (Å²) in [5, 5.41) is 3.45. The highest BCUT2D eigenvalue weighted by atomic mass is 16.1. The van der Waals surface area contributed by atoms with Gasteiger partial charge in [0.15, 0.2) is 0 Å². The Morgan fingerprint density at radius 3 is 2.32 bits per heavy atom. The lowest BCUT2D eigenvalue weighted by molar-refractivity contribution is 0.100. The molecule has 3 heteroatoms. The number of amides is 1. The molecule has 0 aliphatic rings. The molecular weight excluding hydrogens is 236 g/mol. The predicted molar refractivity (Wildman–Crippen MR) is 76.7 cm³/mol. The molecule has 1 atom stereocenters. The van der Waals surface area contributed by atoms with E-state index in [1.807, 2.05) is 30.3 Å². The van der Waals surface area contributed by atoms with Gasteiger partial charge in [-0.1, -0.05) is 42.5 Å². The molecule has 0 radical (unpaired) electrons. The van der Waals surface area contributed by atoms with Crippen LogP contribution < -0.4 is 11.1 Å². The number of primary amides is 1. The van der Waals surface area contributed by atoms with Crippen molar-refractivity contribution in [1.29, 1.82) is 0 Å². The van der Waals surface area contributed by atoms with Crippen LogP contribution in [-0.4, -0.2) is 5.91 Å². The lowest BCUT2D eigenvalue weighted by Gasteiger charge is -2.14. The second-order valence-electron chi connectivity index (χ2n) is 4.57. The summed E-state index contributed by atoms with van der Waals surface area (Å²) < 4.78 is 0. The van der Waals surface area contributed by atoms with Crippen LogP contribution in [0.25, 0.3) is 0 Å². The fraction of sp³-hybridized carbons (Fsp3) is 0.188. The molecule has 0 spiro atoms. The standard InChI is InChI=1S/C16H18N2O/c1-12(14-5-3-2-4-6-14)18-11-13-7-9-15(10-8-13)16(17)19/h2-10,12,18H,11H2,1H3,(H2,17,19)/t12-/m0/s1. The molecule has 0 aliphatic carbocycles. The molecular formula is C16H18N2O. The third kappa shape index (κ3) is 3.66. The van der Waals surface area contributed by atoms with E-state index in [9.17, 15) is 4.79 Å². The Hall–Kier alpha value is -2.13. The van der Waals surface area contributed by atoms with Gasteiger partial charge in [-0.2, -0.15) is 0 Å². The molecule has 0 fully saturated rings. The number of nitrogens with one attached hydrogen (secondary N) is 1. The molecule has 19 heavy (non-hydrogen) atoms. The second-order valence-corrected chi connectivity index (χ2v) is 4.57. The van der Waals surface area contributed by atoms with Crippen molar-refractivity contribution >= 4 is 5.91 Å². The largest absolute Gasteiger partial charge is 0.366 e. The molecule has 2 aromatic carbocycles. The van der Waals surface area contributed by atoms with Crippen molar-refractivity contribution in [3.8, 4) is 0 Å². The highest BCUT2D eigenvalue weighted by Gasteiger charge is 2.04. The number of hydrogen-bond donors (Lipinski definition) is 2. The van der Waals surface area contributed by atoms with E-state index in [0.29, 0.717) is 5.56 Å². The highest BCUT2D eigenvalue weighted by Crippen LogP contribution is 2.12. The average Bonchev–Trinajstić information content (AvgIpc) is 2.46. The summed E-state index contributed by atoms with van der Waals surface area (Å²) in [5.74, 6) is -0.392. The maximum absolute atomic E-state index is 11.0. The van der Waals surface area contributed by atoms with Crippen LogP contribution in [0.1, 0.15) is 34.5 Å². The molecule has 3 nitrogen and oxygen atoms in total. The molecule has 0 heterocycles. The number of benzene rings is 2. The van der Waals surface area contributed by atoms with Crippen LogP contribution in [0.3, 0.4) is 0 Å². The van der Waals surface area contributed by atoms with E-state index in [4.69, 9.17) is 5.73 Å². The van der Waals surface area contributed by atoms with Gasteiger partial charge in [0.1, 0.15) is 0 Å². The highest BCUT2D eigenvalue weighted by molar-refractivity contribution is 5.92. The predicted octanol–water partition coefficient (Wildman–Crippen LogP) is 2.64. The Balaban J connectivity index is 1.93. The van der Waals surface area contributed by atoms with Gasteiger partial charge in [0.25, 0.3) is 0 Å². The minimum atomic E-state index is -0.392. The quantitative estimate of drug-likeness (QED) is 0.861. The van der Waals surface area contributed by atoms with Gasteiger partial charge in [0, 0.05) is 18.2 Å². The second kappa shape index (κ2) is 6.16. The van der Waals surface area contributed by atoms with Crippen molar-refractivity contribution in [2.45, 2.75) is 19.5 Å². The van der Waals surface area contributed by atoms with Crippen molar-refractivity contribution in [3.63, 3.8) is 0 Å². The van der Waals surface area contributed by atoms with Gasteiger partial charge < -0.3 is 11.1 Å². The maximum atomic E-state index is 11.0. The van der Waals surface area contributed by atoms with E-state index in [-0.39, 0.29) is 6.04 Å². The summed E-state index contributed by atoms with van der Waals surface area (Å²) in [7, 11) is 0. The lowest BCUT2D eigenvalue weighted by atomic mass is 10.1. The van der Waals surface area contributed by atoms with Gasteiger partial charge in [0.05, 0.1) is 0 Å². The smallest absolute Gasteiger partial charge is 0.248 e. The van der Waals surface area contributed by atoms with E-state index >= 15 is 0 Å². The van der Waals surface area contributed by atoms with Crippen molar-refractivity contribution in [1.82, 2.24) is 5.32 Å². The molecule has 0 unspecified atom stereocenters. The third-order valence-corrected chi connectivity index (χ3v) is 3.15. The summed E-state index contributed by atoms with van der Waals surface area (Å²) >= 11 is 0. The minimum Gasteiger partial charge on any atom is -0.366 e. The fourth-order valence-corrected chi connectivity index (χ4v) is 1.92. The number of hydrogen-bond acceptors (Lipinski definition) is 2. The molecule has 0 aromatic heterocycles. The minimum absolute atomic E-state index is 0.289. The Morgan fingerprint density at radius 2 is 1.74 bits per heavy atom. The first-order chi connectivity index (χ1) is 9.16. The van der Waals surface area contributed by atoms with Gasteiger partial charge in [-0.15, -0.1) is 0 Å². The Bertz CT molecular complexity index is 534. The Morgan fingerprint density at radius 1 is 1.11 bits per heavy atom. The van der Waals surface area contributed by atoms with Crippen LogP contribution in [0.5, 0.6) is 0 Å². The van der Waals surface area contributed by atoms with Crippen LogP contribution in [-0.2, 0) is 6.54 Å². The molecule has 1 amide bonds. The third-order valence-electron chi connectivity index (χ3n) is 3.15. The molecule has 0 bridgehead atoms. The van der Waals surface area contributed by atoms with Gasteiger partial charge in [-0.3, -0.25) is 4.79 Å². The summed E-state index contributed by atoms with van der Waals surface area (Å²) in [5.41, 5.74) is 8.14. The maximum Gasteiger partial charge on any atom is 0.248 e. The van der Waals surface area contributed by atoms with Gasteiger partial charge in [-0.25, -0.2) is 0 Å².